The first kappa shape index (κ1) is 20.6. The Bertz CT molecular complexity index is 655. The van der Waals surface area contributed by atoms with Crippen LogP contribution in [0, 0.1) is 13.0 Å². The maximum atomic E-state index is 12.2. The maximum absolute atomic E-state index is 12.2. The van der Waals surface area contributed by atoms with Gasteiger partial charge in [-0.2, -0.15) is 23.8 Å². The average molecular weight is 402 g/mol. The first-order chi connectivity index (χ1) is 10.9. The fourth-order valence-corrected chi connectivity index (χ4v) is 1.85. The van der Waals surface area contributed by atoms with E-state index in [-0.39, 0.29) is 39.3 Å². The molecule has 0 aliphatic carbocycles. The van der Waals surface area contributed by atoms with Gasteiger partial charge in [-0.3, -0.25) is 4.79 Å². The molecule has 0 spiro atoms. The number of benzene rings is 2. The number of nitrogens with one attached hydrogen (secondary N) is 2. The number of aliphatic hydroxyl groups is 1. The van der Waals surface area contributed by atoms with Crippen molar-refractivity contribution in [3.63, 3.8) is 0 Å². The van der Waals surface area contributed by atoms with Crippen molar-refractivity contribution >= 4 is 17.3 Å². The van der Waals surface area contributed by atoms with Crippen LogP contribution in [0.2, 0.25) is 0 Å². The Hall–Kier alpha value is -1.43. The van der Waals surface area contributed by atoms with E-state index in [1.807, 2.05) is 32.2 Å². The summed E-state index contributed by atoms with van der Waals surface area (Å²) in [5, 5.41) is 16.0. The van der Waals surface area contributed by atoms with Gasteiger partial charge in [0.15, 0.2) is 5.60 Å². The molecule has 0 aromatic heterocycles. The van der Waals surface area contributed by atoms with Gasteiger partial charge in [-0.25, -0.2) is 0 Å². The van der Waals surface area contributed by atoms with Gasteiger partial charge in [-0.1, -0.05) is 12.6 Å². The molecule has 1 atom stereocenters. The molecule has 0 bridgehead atoms. The molecule has 0 unspecified atom stereocenters. The normalized spacial score (nSPS) is 12.5. The van der Waals surface area contributed by atoms with E-state index < -0.39 is 11.5 Å². The third-order valence-electron chi connectivity index (χ3n) is 3.38. The minimum Gasteiger partial charge on any atom is -0.490 e. The van der Waals surface area contributed by atoms with Crippen LogP contribution >= 0.6 is 0 Å². The molecule has 0 aliphatic heterocycles. The number of aryl methyl sites for hydroxylation is 1. The van der Waals surface area contributed by atoms with E-state index in [2.05, 4.69) is 16.7 Å². The number of anilines is 2. The van der Waals surface area contributed by atoms with Crippen molar-refractivity contribution in [1.82, 2.24) is 0 Å². The molecule has 0 saturated carbocycles. The predicted molar refractivity (Wildman–Crippen MR) is 90.8 cm³/mol. The van der Waals surface area contributed by atoms with Crippen LogP contribution in [0.1, 0.15) is 12.5 Å². The van der Waals surface area contributed by atoms with Crippen molar-refractivity contribution in [3.8, 4) is 5.75 Å². The summed E-state index contributed by atoms with van der Waals surface area (Å²) in [5.74, 6) is 0.0577. The monoisotopic (exact) mass is 402 g/mol. The van der Waals surface area contributed by atoms with Crippen molar-refractivity contribution in [2.45, 2.75) is 19.4 Å². The summed E-state index contributed by atoms with van der Waals surface area (Å²) in [6.07, 6.45) is 0. The molecule has 6 heteroatoms. The summed E-state index contributed by atoms with van der Waals surface area (Å²) in [4.78, 5) is 12.2. The van der Waals surface area contributed by atoms with Gasteiger partial charge in [0.2, 0.25) is 5.91 Å². The summed E-state index contributed by atoms with van der Waals surface area (Å²) in [7, 11) is 1.83. The number of hydrogen-bond acceptors (Lipinski definition) is 4. The molecule has 2 aromatic rings. The summed E-state index contributed by atoms with van der Waals surface area (Å²) in [6, 6.07) is 15.5. The number of carbonyl (C=O) groups excluding carboxylic acids is 1. The Morgan fingerprint density at radius 3 is 2.38 bits per heavy atom. The molecule has 24 heavy (non-hydrogen) atoms. The minimum absolute atomic E-state index is 0. The zero-order valence-electron chi connectivity index (χ0n) is 14.1. The second kappa shape index (κ2) is 9.16. The van der Waals surface area contributed by atoms with Crippen LogP contribution in [0.15, 0.2) is 42.5 Å². The van der Waals surface area contributed by atoms with Gasteiger partial charge in [-0.05, 0) is 31.2 Å². The first-order valence-electron chi connectivity index (χ1n) is 7.33. The van der Waals surface area contributed by atoms with Gasteiger partial charge in [0, 0.05) is 45.4 Å². The fourth-order valence-electron chi connectivity index (χ4n) is 1.85. The summed E-state index contributed by atoms with van der Waals surface area (Å²) >= 11 is 0. The fraction of sp³-hybridized carbons (Fsp3) is 0.278. The van der Waals surface area contributed by atoms with Gasteiger partial charge >= 0.3 is 0 Å². The predicted octanol–water partition coefficient (Wildman–Crippen LogP) is 2.60. The van der Waals surface area contributed by atoms with Gasteiger partial charge in [0.05, 0.1) is 0 Å². The van der Waals surface area contributed by atoms with Gasteiger partial charge in [0.25, 0.3) is 0 Å². The van der Waals surface area contributed by atoms with E-state index in [9.17, 15) is 9.90 Å². The largest absolute Gasteiger partial charge is 0.490 e. The zero-order valence-corrected chi connectivity index (χ0v) is 16.9. The third-order valence-corrected chi connectivity index (χ3v) is 3.38. The quantitative estimate of drug-likeness (QED) is 0.650. The van der Waals surface area contributed by atoms with Gasteiger partial charge < -0.3 is 20.5 Å². The van der Waals surface area contributed by atoms with Gasteiger partial charge in [-0.15, -0.1) is 6.07 Å². The number of amides is 1. The van der Waals surface area contributed by atoms with Crippen LogP contribution in [0.3, 0.4) is 0 Å². The zero-order chi connectivity index (χ0) is 16.9. The summed E-state index contributed by atoms with van der Waals surface area (Å²) in [6.45, 7) is 3.18. The topological polar surface area (TPSA) is 70.6 Å². The molecule has 0 fully saturated rings. The van der Waals surface area contributed by atoms with Crippen LogP contribution in [0.4, 0.5) is 11.4 Å². The van der Waals surface area contributed by atoms with Crippen LogP contribution in [0.5, 0.6) is 5.75 Å². The van der Waals surface area contributed by atoms with E-state index in [1.165, 1.54) is 6.92 Å². The standard InChI is InChI=1S/C18H21N2O3.Y/c1-13-4-6-15(7-5-13)20-17(21)18(2,22)12-23-16-10-8-14(19-3)9-11-16;/h4,6-11,19,22H,12H2,1-3H3,(H,20,21);/q-1;/t18-;/m0./s1. The molecular formula is C18H21N2O3Y-. The molecule has 125 valence electrons. The smallest absolute Gasteiger partial charge is 0.248 e. The number of carbonyl (C=O) groups is 1. The number of hydrogen-bond donors (Lipinski definition) is 3. The Labute approximate surface area is 167 Å². The number of ether oxygens (including phenoxy) is 1. The molecule has 1 amide bonds. The Kier molecular flexibility index (Phi) is 7.87. The molecule has 0 saturated heterocycles. The Morgan fingerprint density at radius 2 is 1.83 bits per heavy atom. The summed E-state index contributed by atoms with van der Waals surface area (Å²) < 4.78 is 5.50. The van der Waals surface area contributed by atoms with Crippen molar-refractivity contribution in [1.29, 1.82) is 0 Å². The van der Waals surface area contributed by atoms with Crippen molar-refractivity contribution < 1.29 is 47.3 Å². The average Bonchev–Trinajstić information content (AvgIpc) is 2.55. The van der Waals surface area contributed by atoms with Crippen LogP contribution in [-0.2, 0) is 37.5 Å². The molecular weight excluding hydrogens is 381 g/mol. The Morgan fingerprint density at radius 1 is 1.21 bits per heavy atom. The number of rotatable bonds is 6. The van der Waals surface area contributed by atoms with E-state index in [0.29, 0.717) is 11.4 Å². The SMILES string of the molecule is CNc1ccc(OC[C@](C)(O)C(=O)Nc2c[c-]c(C)cc2)cc1.[Y]. The molecule has 2 rings (SSSR count). The van der Waals surface area contributed by atoms with E-state index in [0.717, 1.165) is 11.3 Å². The molecule has 0 heterocycles. The van der Waals surface area contributed by atoms with Crippen LogP contribution in [0.25, 0.3) is 0 Å². The minimum atomic E-state index is -1.65. The molecule has 2 aromatic carbocycles. The van der Waals surface area contributed by atoms with Crippen LogP contribution < -0.4 is 15.4 Å². The van der Waals surface area contributed by atoms with Crippen molar-refractivity contribution in [2.75, 3.05) is 24.3 Å². The van der Waals surface area contributed by atoms with E-state index in [4.69, 9.17) is 4.74 Å². The maximum Gasteiger partial charge on any atom is 0.248 e. The van der Waals surface area contributed by atoms with E-state index >= 15 is 0 Å². The second-order valence-corrected chi connectivity index (χ2v) is 5.55. The van der Waals surface area contributed by atoms with E-state index in [1.54, 1.807) is 24.3 Å². The summed E-state index contributed by atoms with van der Waals surface area (Å²) in [5.41, 5.74) is 0.867. The first-order valence-corrected chi connectivity index (χ1v) is 7.33. The van der Waals surface area contributed by atoms with Crippen molar-refractivity contribution in [2.24, 2.45) is 0 Å². The molecule has 5 nitrogen and oxygen atoms in total. The van der Waals surface area contributed by atoms with Crippen molar-refractivity contribution in [3.05, 3.63) is 54.1 Å². The Balaban J connectivity index is 0.00000288. The third kappa shape index (κ3) is 5.89. The molecule has 3 N–H and O–H groups in total. The molecule has 0 aliphatic rings. The van der Waals surface area contributed by atoms with Gasteiger partial charge in [0.1, 0.15) is 12.4 Å². The second-order valence-electron chi connectivity index (χ2n) is 5.55. The van der Waals surface area contributed by atoms with Crippen LogP contribution in [-0.4, -0.2) is 30.3 Å². The molecule has 1 radical (unpaired) electrons.